The van der Waals surface area contributed by atoms with E-state index >= 15 is 0 Å². The molecule has 0 radical (unpaired) electrons. The van der Waals surface area contributed by atoms with Crippen LogP contribution in [-0.2, 0) is 83.2 Å². The van der Waals surface area contributed by atoms with Gasteiger partial charge in [-0.3, -0.25) is 62.5 Å². The summed E-state index contributed by atoms with van der Waals surface area (Å²) in [6.07, 6.45) is 5.83. The van der Waals surface area contributed by atoms with Crippen molar-refractivity contribution < 1.29 is 72.9 Å². The number of carbonyl (C=O) groups excluding carboxylic acids is 10. The smallest absolute Gasteiger partial charge is 0.303 e. The summed E-state index contributed by atoms with van der Waals surface area (Å²) in [6, 6.07) is 2.98. The fraction of sp³-hybridized carbons (Fsp3) is 0.523. The van der Waals surface area contributed by atoms with E-state index in [0.717, 1.165) is 0 Å². The Morgan fingerprint density at radius 2 is 0.949 bits per heavy atom. The van der Waals surface area contributed by atoms with Gasteiger partial charge in [-0.2, -0.15) is 12.6 Å². The number of amides is 10. The number of aliphatic imine (C=N–C) groups is 1. The molecule has 34 heteroatoms. The molecule has 0 unspecified atom stereocenters. The van der Waals surface area contributed by atoms with Gasteiger partial charge in [0.1, 0.15) is 60.4 Å². The van der Waals surface area contributed by atoms with Crippen LogP contribution < -0.4 is 70.4 Å². The molecule has 0 saturated heterocycles. The van der Waals surface area contributed by atoms with Crippen LogP contribution in [0.2, 0.25) is 0 Å². The number of aromatic nitrogens is 4. The van der Waals surface area contributed by atoms with Gasteiger partial charge in [0.15, 0.2) is 5.96 Å². The number of aliphatic carboxylic acids is 2. The van der Waals surface area contributed by atoms with Crippen LogP contribution in [0.15, 0.2) is 90.7 Å². The molecular formula is C65H96N18O15S. The number of hydrogen-bond donors (Lipinski definition) is 19. The molecule has 33 nitrogen and oxygen atoms in total. The first-order chi connectivity index (χ1) is 47.2. The zero-order valence-corrected chi connectivity index (χ0v) is 56.9. The molecule has 0 aliphatic rings. The summed E-state index contributed by atoms with van der Waals surface area (Å²) >= 11 is 4.34. The zero-order chi connectivity index (χ0) is 73.0. The van der Waals surface area contributed by atoms with Gasteiger partial charge in [-0.1, -0.05) is 101 Å². The average Bonchev–Trinajstić information content (AvgIpc) is 1.11. The number of nitrogens with two attached hydrogens (primary N) is 3. The Balaban J connectivity index is 1.61. The van der Waals surface area contributed by atoms with Gasteiger partial charge in [-0.15, -0.1) is 0 Å². The Morgan fingerprint density at radius 1 is 0.515 bits per heavy atom. The van der Waals surface area contributed by atoms with Gasteiger partial charge in [0.25, 0.3) is 0 Å². The molecule has 4 rings (SSSR count). The molecule has 0 aliphatic heterocycles. The van der Waals surface area contributed by atoms with E-state index in [1.807, 2.05) is 0 Å². The van der Waals surface area contributed by atoms with Crippen LogP contribution in [0.1, 0.15) is 114 Å². The maximum Gasteiger partial charge on any atom is 0.303 e. The van der Waals surface area contributed by atoms with Crippen molar-refractivity contribution in [3.63, 3.8) is 0 Å². The Bertz CT molecular complexity index is 3270. The maximum absolute atomic E-state index is 14.8. The summed E-state index contributed by atoms with van der Waals surface area (Å²) in [4.78, 5) is 183. The van der Waals surface area contributed by atoms with Crippen LogP contribution in [0.4, 0.5) is 0 Å². The number of rotatable bonds is 46. The van der Waals surface area contributed by atoms with E-state index in [9.17, 15) is 67.7 Å². The maximum atomic E-state index is 14.8. The third-order valence-electron chi connectivity index (χ3n) is 15.8. The lowest BCUT2D eigenvalue weighted by atomic mass is 9.97. The number of imidazole rings is 2. The monoisotopic (exact) mass is 1400 g/mol. The summed E-state index contributed by atoms with van der Waals surface area (Å²) in [5, 5.41) is 54.6. The predicted molar refractivity (Wildman–Crippen MR) is 366 cm³/mol. The molecule has 2 aromatic carbocycles. The van der Waals surface area contributed by atoms with Crippen LogP contribution in [0.25, 0.3) is 0 Å². The minimum absolute atomic E-state index is 0.00578. The Hall–Kier alpha value is -9.96. The molecule has 10 amide bonds. The molecule has 21 N–H and O–H groups in total. The lowest BCUT2D eigenvalue weighted by molar-refractivity contribution is -0.139. The van der Waals surface area contributed by atoms with Crippen LogP contribution in [0.5, 0.6) is 0 Å². The van der Waals surface area contributed by atoms with Crippen molar-refractivity contribution in [3.8, 4) is 0 Å². The lowest BCUT2D eigenvalue weighted by Crippen LogP contribution is -2.62. The van der Waals surface area contributed by atoms with Crippen molar-refractivity contribution in [3.05, 3.63) is 108 Å². The Labute approximate surface area is 579 Å². The van der Waals surface area contributed by atoms with Crippen molar-refractivity contribution in [2.24, 2.45) is 34.0 Å². The number of guanidine groups is 1. The van der Waals surface area contributed by atoms with Crippen LogP contribution >= 0.6 is 12.6 Å². The number of aliphatic hydroxyl groups excluding tert-OH is 1. The van der Waals surface area contributed by atoms with E-state index in [-0.39, 0.29) is 82.1 Å². The van der Waals surface area contributed by atoms with E-state index in [1.54, 1.807) is 88.4 Å². The largest absolute Gasteiger partial charge is 0.481 e. The fourth-order valence-corrected chi connectivity index (χ4v) is 10.4. The number of thiol groups is 1. The second-order valence-corrected chi connectivity index (χ2v) is 24.6. The number of aliphatic hydroxyl groups is 1. The van der Waals surface area contributed by atoms with Gasteiger partial charge in [0.2, 0.25) is 59.1 Å². The molecule has 0 aliphatic carbocycles. The van der Waals surface area contributed by atoms with Crippen molar-refractivity contribution in [2.75, 3.05) is 25.4 Å². The Morgan fingerprint density at radius 3 is 1.40 bits per heavy atom. The summed E-state index contributed by atoms with van der Waals surface area (Å²) in [5.74, 6) is -12.2. The van der Waals surface area contributed by atoms with E-state index in [2.05, 4.69) is 90.7 Å². The van der Waals surface area contributed by atoms with Gasteiger partial charge >= 0.3 is 11.9 Å². The first-order valence-corrected chi connectivity index (χ1v) is 33.3. The second kappa shape index (κ2) is 43.4. The van der Waals surface area contributed by atoms with Gasteiger partial charge in [-0.25, -0.2) is 9.97 Å². The van der Waals surface area contributed by atoms with Crippen LogP contribution in [-0.4, -0.2) is 198 Å². The zero-order valence-electron chi connectivity index (χ0n) is 56.0. The number of benzene rings is 2. The summed E-state index contributed by atoms with van der Waals surface area (Å²) < 4.78 is 0. The average molecular weight is 1400 g/mol. The topological polar surface area (TPSA) is 534 Å². The first-order valence-electron chi connectivity index (χ1n) is 32.7. The van der Waals surface area contributed by atoms with E-state index in [0.29, 0.717) is 48.2 Å². The predicted octanol–water partition coefficient (Wildman–Crippen LogP) is -2.21. The highest BCUT2D eigenvalue weighted by atomic mass is 32.1. The fourth-order valence-electron chi connectivity index (χ4n) is 10.1. The number of unbranched alkanes of at least 4 members (excludes halogenated alkanes) is 2. The molecule has 2 aromatic heterocycles. The molecule has 99 heavy (non-hydrogen) atoms. The minimum atomic E-state index is -1.53. The van der Waals surface area contributed by atoms with Crippen molar-refractivity contribution in [2.45, 2.75) is 178 Å². The molecule has 542 valence electrons. The molecule has 4 aromatic rings. The third-order valence-corrected chi connectivity index (χ3v) is 16.1. The number of H-pyrrole nitrogens is 2. The van der Waals surface area contributed by atoms with E-state index in [4.69, 9.17) is 22.3 Å². The highest BCUT2D eigenvalue weighted by Crippen LogP contribution is 2.15. The number of hydrogen-bond acceptors (Lipinski definition) is 18. The van der Waals surface area contributed by atoms with Gasteiger partial charge in [-0.05, 0) is 61.5 Å². The molecule has 2 heterocycles. The summed E-state index contributed by atoms with van der Waals surface area (Å²) in [7, 11) is 0. The number of nitrogens with one attached hydrogen (secondary N) is 12. The standard InChI is InChI=1S/C65H96N18O15S/c1-5-38(4)54(83-63(97)51(34-99)82-60(94)48(28-40-18-11-7-12-19-40)78-57(91)45(22-23-53(87)88)75-55(89)43(66)33-84)64(98)81-50(30-42-32-70-36-74-42)62(96)77-46(26-37(2)3)58(92)80-49(29-41-31-69-35-73-41)61(95)79-47(27-39-16-9-6-10-17-39)59(93)76-44(20-15-25-72-65(67)68)56(90)71-24-14-8-13-21-52(85)86/h6-7,9-12,16-19,31-32,35-38,43-51,54,84,99H,5,8,13-15,20-30,33-34,66H2,1-4H3,(H,69,73)(H,70,74)(H,71,90)(H,75,89)(H,76,93)(H,77,96)(H,78,91)(H,79,95)(H,80,92)(H,81,98)(H,82,94)(H,83,97)(H,85,86)(H,87,88)(H4,67,68,72)/t38-,43-,44-,45-,46-,47-,48-,49-,50-,51-,54-/m0/s1. The SMILES string of the molecule is CC[C@H](C)[C@H](NC(=O)[C@H](CS)NC(=O)[C@H](Cc1ccccc1)NC(=O)[C@H](CCC(=O)O)NC(=O)[C@@H](N)CO)C(=O)N[C@@H](Cc1cnc[nH]1)C(=O)N[C@@H](CC(C)C)C(=O)N[C@@H](Cc1cnc[nH]1)C(=O)N[C@@H](Cc1ccccc1)C(=O)N[C@@H](CCCN=C(N)N)C(=O)NCCCCCC(=O)O. The van der Waals surface area contributed by atoms with Crippen LogP contribution in [0, 0.1) is 11.8 Å². The Kier molecular flexibility index (Phi) is 35.7. The van der Waals surface area contributed by atoms with Crippen molar-refractivity contribution in [1.82, 2.24) is 73.1 Å². The molecule has 0 saturated carbocycles. The second-order valence-electron chi connectivity index (χ2n) is 24.3. The van der Waals surface area contributed by atoms with Crippen molar-refractivity contribution in [1.29, 1.82) is 0 Å². The third kappa shape index (κ3) is 30.1. The molecule has 0 spiro atoms. The van der Waals surface area contributed by atoms with Gasteiger partial charge in [0.05, 0.1) is 19.3 Å². The van der Waals surface area contributed by atoms with E-state index in [1.165, 1.54) is 25.0 Å². The molecule has 0 fully saturated rings. The highest BCUT2D eigenvalue weighted by Gasteiger charge is 2.38. The van der Waals surface area contributed by atoms with Gasteiger partial charge in [0, 0.05) is 81.1 Å². The summed E-state index contributed by atoms with van der Waals surface area (Å²) in [5.41, 5.74) is 18.7. The normalized spacial score (nSPS) is 14.4. The number of carboxylic acid groups (broad SMARTS) is 2. The number of nitrogens with zero attached hydrogens (tertiary/aromatic N) is 3. The highest BCUT2D eigenvalue weighted by molar-refractivity contribution is 7.80. The lowest BCUT2D eigenvalue weighted by Gasteiger charge is -2.30. The number of aromatic amines is 2. The minimum Gasteiger partial charge on any atom is -0.481 e. The molecule has 0 bridgehead atoms. The van der Waals surface area contributed by atoms with Gasteiger partial charge < -0.3 is 95.7 Å². The summed E-state index contributed by atoms with van der Waals surface area (Å²) in [6.45, 7) is 6.49. The molecule has 11 atom stereocenters. The number of carboxylic acids is 2. The van der Waals surface area contributed by atoms with Crippen LogP contribution in [0.3, 0.4) is 0 Å². The molecular weight excluding hydrogens is 1300 g/mol. The van der Waals surface area contributed by atoms with E-state index < -0.39 is 157 Å². The van der Waals surface area contributed by atoms with Crippen molar-refractivity contribution >= 4 is 89.6 Å². The first kappa shape index (κ1) is 81.5. The quantitative estimate of drug-likeness (QED) is 0.00965. The number of carbonyl (C=O) groups is 12.